The Hall–Kier alpha value is -1.05. The third-order valence-electron chi connectivity index (χ3n) is 2.85. The average Bonchev–Trinajstić information content (AvgIpc) is 2.24. The summed E-state index contributed by atoms with van der Waals surface area (Å²) in [5.74, 6) is 0.00912. The van der Waals surface area contributed by atoms with Gasteiger partial charge in [0.1, 0.15) is 0 Å². The monoisotopic (exact) mass is 221 g/mol. The zero-order valence-electron chi connectivity index (χ0n) is 11.2. The maximum Gasteiger partial charge on any atom is 0.244 e. The molecule has 1 unspecified atom stereocenters. The Morgan fingerprint density at radius 1 is 1.12 bits per heavy atom. The van der Waals surface area contributed by atoms with Gasteiger partial charge in [-0.05, 0) is 16.4 Å². The number of nitrogens with one attached hydrogen (secondary N) is 1. The summed E-state index contributed by atoms with van der Waals surface area (Å²) in [4.78, 5) is 11.8. The third kappa shape index (κ3) is 3.22. The highest BCUT2D eigenvalue weighted by Crippen LogP contribution is 2.29. The third-order valence-corrected chi connectivity index (χ3v) is 2.85. The molecule has 0 spiro atoms. The van der Waals surface area contributed by atoms with Gasteiger partial charge >= 0.3 is 0 Å². The van der Waals surface area contributed by atoms with Crippen molar-refractivity contribution >= 4 is 5.91 Å². The molecule has 0 aromatic carbocycles. The van der Waals surface area contributed by atoms with Gasteiger partial charge in [0.25, 0.3) is 0 Å². The largest absolute Gasteiger partial charge is 0.346 e. The van der Waals surface area contributed by atoms with Crippen molar-refractivity contribution in [1.29, 1.82) is 0 Å². The van der Waals surface area contributed by atoms with Gasteiger partial charge in [-0.15, -0.1) is 0 Å². The van der Waals surface area contributed by atoms with Crippen LogP contribution in [0.3, 0.4) is 0 Å². The van der Waals surface area contributed by atoms with Gasteiger partial charge in [-0.25, -0.2) is 0 Å². The van der Waals surface area contributed by atoms with E-state index < -0.39 is 0 Å². The van der Waals surface area contributed by atoms with Gasteiger partial charge in [-0.2, -0.15) is 0 Å². The lowest BCUT2D eigenvalue weighted by atomic mass is 9.84. The topological polar surface area (TPSA) is 29.1 Å². The summed E-state index contributed by atoms with van der Waals surface area (Å²) in [6.07, 6.45) is 5.89. The molecule has 0 radical (unpaired) electrons. The Kier molecular flexibility index (Phi) is 3.32. The van der Waals surface area contributed by atoms with E-state index in [2.05, 4.69) is 59.0 Å². The minimum absolute atomic E-state index is 0.00912. The lowest BCUT2D eigenvalue weighted by Gasteiger charge is -2.27. The van der Waals surface area contributed by atoms with Crippen molar-refractivity contribution in [2.75, 3.05) is 0 Å². The van der Waals surface area contributed by atoms with E-state index in [0.717, 1.165) is 5.57 Å². The Morgan fingerprint density at radius 3 is 2.12 bits per heavy atom. The number of amides is 1. The molecule has 1 atom stereocenters. The molecule has 90 valence electrons. The highest BCUT2D eigenvalue weighted by Gasteiger charge is 2.26. The molecular weight excluding hydrogens is 198 g/mol. The summed E-state index contributed by atoms with van der Waals surface area (Å²) in [5, 5.41) is 3.02. The van der Waals surface area contributed by atoms with Crippen molar-refractivity contribution in [3.8, 4) is 0 Å². The van der Waals surface area contributed by atoms with E-state index in [1.54, 1.807) is 6.08 Å². The van der Waals surface area contributed by atoms with Crippen LogP contribution in [0.15, 0.2) is 23.8 Å². The van der Waals surface area contributed by atoms with Crippen molar-refractivity contribution in [3.63, 3.8) is 0 Å². The number of hydrogen-bond donors (Lipinski definition) is 1. The first-order valence-electron chi connectivity index (χ1n) is 5.81. The molecule has 0 aromatic rings. The standard InChI is InChI=1S/C14H23NO/c1-13(2,3)10-7-8-11(14(4,5)6)15-12(16)9-10/h7-9,11H,1-6H3,(H,15,16). The molecule has 0 fully saturated rings. The summed E-state index contributed by atoms with van der Waals surface area (Å²) in [6, 6.07) is 0.0936. The molecule has 1 aliphatic rings. The van der Waals surface area contributed by atoms with E-state index in [4.69, 9.17) is 0 Å². The van der Waals surface area contributed by atoms with Crippen LogP contribution in [-0.2, 0) is 4.79 Å². The maximum atomic E-state index is 11.8. The first-order chi connectivity index (χ1) is 7.10. The Morgan fingerprint density at radius 2 is 1.69 bits per heavy atom. The SMILES string of the molecule is CC(C)(C)C1=CC(=O)NC(C(C)(C)C)C=C1. The van der Waals surface area contributed by atoms with E-state index in [9.17, 15) is 4.79 Å². The first-order valence-corrected chi connectivity index (χ1v) is 5.81. The normalized spacial score (nSPS) is 22.5. The maximum absolute atomic E-state index is 11.8. The summed E-state index contributed by atoms with van der Waals surface area (Å²) in [7, 11) is 0. The molecule has 2 nitrogen and oxygen atoms in total. The van der Waals surface area contributed by atoms with Crippen LogP contribution in [0.4, 0.5) is 0 Å². The van der Waals surface area contributed by atoms with Crippen LogP contribution in [0.2, 0.25) is 0 Å². The van der Waals surface area contributed by atoms with E-state index in [1.807, 2.05) is 0 Å². The van der Waals surface area contributed by atoms with Crippen molar-refractivity contribution in [2.24, 2.45) is 10.8 Å². The lowest BCUT2D eigenvalue weighted by Crippen LogP contribution is -2.41. The van der Waals surface area contributed by atoms with Crippen molar-refractivity contribution in [3.05, 3.63) is 23.8 Å². The van der Waals surface area contributed by atoms with Gasteiger partial charge in [0, 0.05) is 6.08 Å². The quantitative estimate of drug-likeness (QED) is 0.669. The molecule has 0 saturated carbocycles. The minimum Gasteiger partial charge on any atom is -0.346 e. The van der Waals surface area contributed by atoms with Gasteiger partial charge in [0.05, 0.1) is 6.04 Å². The number of carbonyl (C=O) groups is 1. The van der Waals surface area contributed by atoms with Gasteiger partial charge in [0.2, 0.25) is 5.91 Å². The van der Waals surface area contributed by atoms with E-state index in [1.165, 1.54) is 0 Å². The fourth-order valence-electron chi connectivity index (χ4n) is 1.60. The smallest absolute Gasteiger partial charge is 0.244 e. The fraction of sp³-hybridized carbons (Fsp3) is 0.643. The van der Waals surface area contributed by atoms with E-state index in [0.29, 0.717) is 0 Å². The highest BCUT2D eigenvalue weighted by atomic mass is 16.1. The minimum atomic E-state index is 0.00912. The predicted molar refractivity (Wildman–Crippen MR) is 68.1 cm³/mol. The van der Waals surface area contributed by atoms with Gasteiger partial charge < -0.3 is 5.32 Å². The predicted octanol–water partition coefficient (Wildman–Crippen LogP) is 3.06. The van der Waals surface area contributed by atoms with Crippen LogP contribution in [0.1, 0.15) is 41.5 Å². The molecular formula is C14H23NO. The van der Waals surface area contributed by atoms with Gasteiger partial charge in [0.15, 0.2) is 0 Å². The number of rotatable bonds is 0. The Bertz CT molecular complexity index is 337. The average molecular weight is 221 g/mol. The summed E-state index contributed by atoms with van der Waals surface area (Å²) >= 11 is 0. The second-order valence-corrected chi connectivity index (χ2v) is 6.56. The number of allylic oxidation sites excluding steroid dienone is 2. The van der Waals surface area contributed by atoms with Gasteiger partial charge in [-0.3, -0.25) is 4.79 Å². The second kappa shape index (κ2) is 4.08. The molecule has 1 heterocycles. The Labute approximate surface area is 98.8 Å². The van der Waals surface area contributed by atoms with Crippen molar-refractivity contribution in [1.82, 2.24) is 5.32 Å². The molecule has 0 aliphatic carbocycles. The zero-order chi connectivity index (χ0) is 12.6. The molecule has 2 heteroatoms. The van der Waals surface area contributed by atoms with Crippen LogP contribution >= 0.6 is 0 Å². The molecule has 0 aromatic heterocycles. The van der Waals surface area contributed by atoms with Crippen molar-refractivity contribution in [2.45, 2.75) is 47.6 Å². The van der Waals surface area contributed by atoms with Crippen LogP contribution < -0.4 is 5.32 Å². The van der Waals surface area contributed by atoms with E-state index >= 15 is 0 Å². The van der Waals surface area contributed by atoms with Crippen LogP contribution in [0, 0.1) is 10.8 Å². The summed E-state index contributed by atoms with van der Waals surface area (Å²) in [5.41, 5.74) is 1.14. The molecule has 1 amide bonds. The molecule has 0 saturated heterocycles. The number of hydrogen-bond acceptors (Lipinski definition) is 1. The van der Waals surface area contributed by atoms with Gasteiger partial charge in [-0.1, -0.05) is 53.7 Å². The zero-order valence-corrected chi connectivity index (χ0v) is 11.2. The summed E-state index contributed by atoms with van der Waals surface area (Å²) in [6.45, 7) is 12.7. The van der Waals surface area contributed by atoms with E-state index in [-0.39, 0.29) is 22.8 Å². The molecule has 1 N–H and O–H groups in total. The molecule has 1 aliphatic heterocycles. The van der Waals surface area contributed by atoms with Crippen LogP contribution in [-0.4, -0.2) is 11.9 Å². The van der Waals surface area contributed by atoms with Crippen molar-refractivity contribution < 1.29 is 4.79 Å². The summed E-state index contributed by atoms with van der Waals surface area (Å²) < 4.78 is 0. The fourth-order valence-corrected chi connectivity index (χ4v) is 1.60. The number of carbonyl (C=O) groups excluding carboxylic acids is 1. The van der Waals surface area contributed by atoms with Crippen LogP contribution in [0.25, 0.3) is 0 Å². The molecule has 1 rings (SSSR count). The molecule has 16 heavy (non-hydrogen) atoms. The lowest BCUT2D eigenvalue weighted by molar-refractivity contribution is -0.117. The highest BCUT2D eigenvalue weighted by molar-refractivity contribution is 5.90. The Balaban J connectivity index is 3.00. The van der Waals surface area contributed by atoms with Crippen LogP contribution in [0.5, 0.6) is 0 Å². The first kappa shape index (κ1) is 13.0. The second-order valence-electron chi connectivity index (χ2n) is 6.56. The molecule has 0 bridgehead atoms.